The maximum absolute atomic E-state index is 12.0. The van der Waals surface area contributed by atoms with E-state index in [1.807, 2.05) is 30.7 Å². The van der Waals surface area contributed by atoms with Crippen LogP contribution in [0, 0.1) is 0 Å². The van der Waals surface area contributed by atoms with Gasteiger partial charge in [-0.05, 0) is 33.7 Å². The normalized spacial score (nSPS) is 20.7. The molecule has 1 rings (SSSR count). The molecule has 88 valence electrons. The van der Waals surface area contributed by atoms with Crippen molar-refractivity contribution in [1.82, 2.24) is 9.80 Å². The van der Waals surface area contributed by atoms with Gasteiger partial charge in [0.2, 0.25) is 5.91 Å². The van der Waals surface area contributed by atoms with Crippen LogP contribution in [0.5, 0.6) is 0 Å². The predicted octanol–water partition coefficient (Wildman–Crippen LogP) is 0.276. The molecule has 4 nitrogen and oxygen atoms in total. The lowest BCUT2D eigenvalue weighted by Gasteiger charge is -2.28. The fraction of sp³-hybridized carbons (Fsp3) is 0.909. The fourth-order valence-electron chi connectivity index (χ4n) is 2.00. The van der Waals surface area contributed by atoms with Gasteiger partial charge < -0.3 is 10.6 Å². The Bertz CT molecular complexity index is 212. The van der Waals surface area contributed by atoms with Crippen LogP contribution in [0.3, 0.4) is 0 Å². The van der Waals surface area contributed by atoms with Gasteiger partial charge in [0.25, 0.3) is 0 Å². The Morgan fingerprint density at radius 2 is 1.93 bits per heavy atom. The largest absolute Gasteiger partial charge is 0.341 e. The summed E-state index contributed by atoms with van der Waals surface area (Å²) < 4.78 is 0. The minimum atomic E-state index is -0.0471. The van der Waals surface area contributed by atoms with Crippen molar-refractivity contribution >= 4 is 5.91 Å². The van der Waals surface area contributed by atoms with E-state index in [4.69, 9.17) is 5.73 Å². The van der Waals surface area contributed by atoms with E-state index in [2.05, 4.69) is 0 Å². The number of hydrogen-bond donors (Lipinski definition) is 1. The Labute approximate surface area is 92.4 Å². The summed E-state index contributed by atoms with van der Waals surface area (Å²) in [4.78, 5) is 16.0. The van der Waals surface area contributed by atoms with E-state index in [-0.39, 0.29) is 18.0 Å². The van der Waals surface area contributed by atoms with Gasteiger partial charge in [-0.1, -0.05) is 0 Å². The Morgan fingerprint density at radius 1 is 1.40 bits per heavy atom. The molecule has 2 N–H and O–H groups in total. The molecule has 0 aliphatic carbocycles. The molecular weight excluding hydrogens is 190 g/mol. The van der Waals surface area contributed by atoms with Gasteiger partial charge in [0.1, 0.15) is 0 Å². The second kappa shape index (κ2) is 5.47. The van der Waals surface area contributed by atoms with E-state index >= 15 is 0 Å². The Morgan fingerprint density at radius 3 is 2.40 bits per heavy atom. The maximum Gasteiger partial charge on any atom is 0.239 e. The molecule has 2 unspecified atom stereocenters. The van der Waals surface area contributed by atoms with Crippen LogP contribution < -0.4 is 5.73 Å². The van der Waals surface area contributed by atoms with Crippen molar-refractivity contribution in [2.24, 2.45) is 5.73 Å². The molecule has 0 spiro atoms. The van der Waals surface area contributed by atoms with E-state index < -0.39 is 0 Å². The van der Waals surface area contributed by atoms with Crippen LogP contribution in [0.1, 0.15) is 26.7 Å². The van der Waals surface area contributed by atoms with Gasteiger partial charge in [0.05, 0.1) is 6.04 Å². The van der Waals surface area contributed by atoms with Crippen LogP contribution in [0.2, 0.25) is 0 Å². The molecule has 4 heteroatoms. The molecule has 0 aromatic carbocycles. The number of nitrogens with zero attached hydrogens (tertiary/aromatic N) is 2. The lowest BCUT2D eigenvalue weighted by Crippen LogP contribution is -2.47. The molecule has 1 aliphatic rings. The van der Waals surface area contributed by atoms with Gasteiger partial charge in [-0.3, -0.25) is 9.69 Å². The quantitative estimate of drug-likeness (QED) is 0.729. The first kappa shape index (κ1) is 12.5. The summed E-state index contributed by atoms with van der Waals surface area (Å²) in [6.07, 6.45) is 2.30. The minimum absolute atomic E-state index is 0.0471. The summed E-state index contributed by atoms with van der Waals surface area (Å²) in [6.45, 7) is 6.54. The summed E-state index contributed by atoms with van der Waals surface area (Å²) in [5.41, 5.74) is 5.72. The SMILES string of the molecule is CC(N)CN(C)C(C)C(=O)N1CCCC1. The van der Waals surface area contributed by atoms with E-state index in [9.17, 15) is 4.79 Å². The first-order valence-electron chi connectivity index (χ1n) is 5.77. The third-order valence-corrected chi connectivity index (χ3v) is 3.01. The van der Waals surface area contributed by atoms with Crippen molar-refractivity contribution in [2.45, 2.75) is 38.8 Å². The van der Waals surface area contributed by atoms with Gasteiger partial charge >= 0.3 is 0 Å². The zero-order valence-electron chi connectivity index (χ0n) is 10.1. The van der Waals surface area contributed by atoms with Crippen LogP contribution in [0.25, 0.3) is 0 Å². The minimum Gasteiger partial charge on any atom is -0.341 e. The van der Waals surface area contributed by atoms with E-state index in [0.29, 0.717) is 0 Å². The maximum atomic E-state index is 12.0. The molecule has 1 saturated heterocycles. The number of likely N-dealkylation sites (N-methyl/N-ethyl adjacent to an activating group) is 1. The average Bonchev–Trinajstić information content (AvgIpc) is 2.67. The lowest BCUT2D eigenvalue weighted by molar-refractivity contribution is -0.134. The number of amides is 1. The smallest absolute Gasteiger partial charge is 0.239 e. The topological polar surface area (TPSA) is 49.6 Å². The first-order chi connectivity index (χ1) is 7.02. The van der Waals surface area contributed by atoms with Crippen LogP contribution in [-0.2, 0) is 4.79 Å². The second-order valence-electron chi connectivity index (χ2n) is 4.63. The number of rotatable bonds is 4. The zero-order valence-corrected chi connectivity index (χ0v) is 10.1. The number of hydrogen-bond acceptors (Lipinski definition) is 3. The molecular formula is C11H23N3O. The number of nitrogens with two attached hydrogens (primary N) is 1. The molecule has 1 amide bonds. The van der Waals surface area contributed by atoms with Gasteiger partial charge in [0.15, 0.2) is 0 Å². The molecule has 2 atom stereocenters. The molecule has 0 aromatic rings. The van der Waals surface area contributed by atoms with Crippen molar-refractivity contribution in [3.8, 4) is 0 Å². The summed E-state index contributed by atoms with van der Waals surface area (Å²) in [5, 5.41) is 0. The highest BCUT2D eigenvalue weighted by atomic mass is 16.2. The molecule has 0 bridgehead atoms. The molecule has 0 aromatic heterocycles. The number of carbonyl (C=O) groups is 1. The van der Waals surface area contributed by atoms with Crippen molar-refractivity contribution < 1.29 is 4.79 Å². The van der Waals surface area contributed by atoms with Crippen molar-refractivity contribution in [3.05, 3.63) is 0 Å². The third-order valence-electron chi connectivity index (χ3n) is 3.01. The summed E-state index contributed by atoms with van der Waals surface area (Å²) >= 11 is 0. The van der Waals surface area contributed by atoms with E-state index in [1.165, 1.54) is 0 Å². The summed E-state index contributed by atoms with van der Waals surface area (Å²) in [6, 6.07) is 0.0675. The standard InChI is InChI=1S/C11H23N3O/c1-9(12)8-13(3)10(2)11(15)14-6-4-5-7-14/h9-10H,4-8,12H2,1-3H3. The molecule has 1 aliphatic heterocycles. The van der Waals surface area contributed by atoms with Crippen LogP contribution in [0.4, 0.5) is 0 Å². The second-order valence-corrected chi connectivity index (χ2v) is 4.63. The van der Waals surface area contributed by atoms with Crippen LogP contribution in [0.15, 0.2) is 0 Å². The van der Waals surface area contributed by atoms with E-state index in [1.54, 1.807) is 0 Å². The van der Waals surface area contributed by atoms with Gasteiger partial charge in [0, 0.05) is 25.7 Å². The summed E-state index contributed by atoms with van der Waals surface area (Å²) in [7, 11) is 1.96. The molecule has 15 heavy (non-hydrogen) atoms. The zero-order chi connectivity index (χ0) is 11.4. The van der Waals surface area contributed by atoms with Crippen molar-refractivity contribution in [1.29, 1.82) is 0 Å². The predicted molar refractivity (Wildman–Crippen MR) is 61.6 cm³/mol. The third kappa shape index (κ3) is 3.47. The van der Waals surface area contributed by atoms with Gasteiger partial charge in [-0.2, -0.15) is 0 Å². The Kier molecular flexibility index (Phi) is 4.54. The summed E-state index contributed by atoms with van der Waals surface area (Å²) in [5.74, 6) is 0.246. The number of carbonyl (C=O) groups excluding carboxylic acids is 1. The van der Waals surface area contributed by atoms with Gasteiger partial charge in [-0.25, -0.2) is 0 Å². The van der Waals surface area contributed by atoms with Crippen LogP contribution >= 0.6 is 0 Å². The van der Waals surface area contributed by atoms with Gasteiger partial charge in [-0.15, -0.1) is 0 Å². The molecule has 1 fully saturated rings. The Hall–Kier alpha value is -0.610. The highest BCUT2D eigenvalue weighted by Gasteiger charge is 2.25. The fourth-order valence-corrected chi connectivity index (χ4v) is 2.00. The lowest BCUT2D eigenvalue weighted by atomic mass is 10.2. The van der Waals surface area contributed by atoms with E-state index in [0.717, 1.165) is 32.5 Å². The highest BCUT2D eigenvalue weighted by Crippen LogP contribution is 2.11. The molecule has 0 radical (unpaired) electrons. The molecule has 1 heterocycles. The number of likely N-dealkylation sites (tertiary alicyclic amines) is 1. The Balaban J connectivity index is 2.43. The first-order valence-corrected chi connectivity index (χ1v) is 5.77. The highest BCUT2D eigenvalue weighted by molar-refractivity contribution is 5.81. The average molecular weight is 213 g/mol. The van der Waals surface area contributed by atoms with Crippen LogP contribution in [-0.4, -0.2) is 54.5 Å². The van der Waals surface area contributed by atoms with Crippen molar-refractivity contribution in [3.63, 3.8) is 0 Å². The van der Waals surface area contributed by atoms with Crippen molar-refractivity contribution in [2.75, 3.05) is 26.7 Å². The monoisotopic (exact) mass is 213 g/mol. The molecule has 0 saturated carbocycles.